The fourth-order valence-corrected chi connectivity index (χ4v) is 5.89. The summed E-state index contributed by atoms with van der Waals surface area (Å²) in [6, 6.07) is 8.53. The van der Waals surface area contributed by atoms with Crippen LogP contribution in [0.3, 0.4) is 0 Å². The number of carbonyl (C=O) groups excluding carboxylic acids is 1. The number of aromatic nitrogens is 1. The van der Waals surface area contributed by atoms with Gasteiger partial charge in [-0.25, -0.2) is 4.98 Å². The predicted octanol–water partition coefficient (Wildman–Crippen LogP) is 5.48. The van der Waals surface area contributed by atoms with Crippen LogP contribution in [0.2, 0.25) is 0 Å². The highest BCUT2D eigenvalue weighted by Gasteiger charge is 2.21. The van der Waals surface area contributed by atoms with E-state index in [0.717, 1.165) is 39.5 Å². The number of carbonyl (C=O) groups is 1. The summed E-state index contributed by atoms with van der Waals surface area (Å²) in [7, 11) is 0. The number of para-hydroxylation sites is 1. The second-order valence-corrected chi connectivity index (χ2v) is 10.0. The van der Waals surface area contributed by atoms with Crippen LogP contribution in [0.5, 0.6) is 0 Å². The highest BCUT2D eigenvalue weighted by molar-refractivity contribution is 8.00. The number of thioether (sulfide) groups is 1. The van der Waals surface area contributed by atoms with Crippen LogP contribution in [-0.4, -0.2) is 41.5 Å². The lowest BCUT2D eigenvalue weighted by Crippen LogP contribution is -2.39. The van der Waals surface area contributed by atoms with Crippen molar-refractivity contribution in [1.29, 1.82) is 0 Å². The number of rotatable bonds is 8. The third-order valence-electron chi connectivity index (χ3n) is 5.69. The van der Waals surface area contributed by atoms with Crippen molar-refractivity contribution < 1.29 is 9.21 Å². The van der Waals surface area contributed by atoms with E-state index < -0.39 is 0 Å². The number of fused-ring (bicyclic) bond motifs is 1. The first-order chi connectivity index (χ1) is 14.6. The summed E-state index contributed by atoms with van der Waals surface area (Å²) < 4.78 is 6.98. The molecular formula is C23H29N3O2S2. The first-order valence-corrected chi connectivity index (χ1v) is 12.6. The van der Waals surface area contributed by atoms with Gasteiger partial charge in [0.2, 0.25) is 0 Å². The van der Waals surface area contributed by atoms with Gasteiger partial charge in [0.05, 0.1) is 0 Å². The van der Waals surface area contributed by atoms with Crippen LogP contribution in [0.1, 0.15) is 54.4 Å². The average molecular weight is 444 g/mol. The Balaban J connectivity index is 1.39. The minimum absolute atomic E-state index is 0.121. The molecule has 1 aliphatic rings. The number of furan rings is 1. The number of piperidine rings is 1. The van der Waals surface area contributed by atoms with Gasteiger partial charge in [-0.3, -0.25) is 4.79 Å². The van der Waals surface area contributed by atoms with E-state index in [2.05, 4.69) is 22.1 Å². The minimum atomic E-state index is -0.121. The number of nitrogens with zero attached hydrogens (tertiary/aromatic N) is 2. The van der Waals surface area contributed by atoms with Crippen LogP contribution >= 0.6 is 23.1 Å². The van der Waals surface area contributed by atoms with E-state index in [1.807, 2.05) is 36.6 Å². The highest BCUT2D eigenvalue weighted by Crippen LogP contribution is 2.33. The van der Waals surface area contributed by atoms with Crippen molar-refractivity contribution in [1.82, 2.24) is 15.2 Å². The van der Waals surface area contributed by atoms with Crippen LogP contribution in [0, 0.1) is 6.92 Å². The Kier molecular flexibility index (Phi) is 7.12. The van der Waals surface area contributed by atoms with Gasteiger partial charge in [0.15, 0.2) is 5.76 Å². The standard InChI is InChI=1S/C23H29N3O2S2/c1-16-14-29-23(25-16)30-15-19-18-9-3-4-10-20(18)28-21(19)22(27)24-11-7-13-26-12-6-5-8-17(26)2/h3-4,9-10,14,17H,5-8,11-13,15H2,1-2H3,(H,24,27). The van der Waals surface area contributed by atoms with E-state index in [1.54, 1.807) is 23.1 Å². The fraction of sp³-hybridized carbons (Fsp3) is 0.478. The van der Waals surface area contributed by atoms with Gasteiger partial charge in [-0.2, -0.15) is 0 Å². The number of hydrogen-bond acceptors (Lipinski definition) is 6. The summed E-state index contributed by atoms with van der Waals surface area (Å²) in [5.74, 6) is 0.977. The third kappa shape index (κ3) is 5.07. The van der Waals surface area contributed by atoms with Gasteiger partial charge in [0.1, 0.15) is 9.92 Å². The van der Waals surface area contributed by atoms with Crippen LogP contribution in [-0.2, 0) is 5.75 Å². The molecule has 5 nitrogen and oxygen atoms in total. The molecule has 1 unspecified atom stereocenters. The number of aryl methyl sites for hydroxylation is 1. The Bertz CT molecular complexity index is 997. The molecule has 1 atom stereocenters. The Labute approximate surface area is 186 Å². The van der Waals surface area contributed by atoms with Crippen molar-refractivity contribution in [3.8, 4) is 0 Å². The number of likely N-dealkylation sites (tertiary alicyclic amines) is 1. The van der Waals surface area contributed by atoms with Gasteiger partial charge in [0.25, 0.3) is 5.91 Å². The summed E-state index contributed by atoms with van der Waals surface area (Å²) in [6.07, 6.45) is 4.86. The van der Waals surface area contributed by atoms with Crippen molar-refractivity contribution >= 4 is 40.0 Å². The molecule has 1 aromatic carbocycles. The second kappa shape index (κ2) is 9.98. The quantitative estimate of drug-likeness (QED) is 0.369. The first-order valence-electron chi connectivity index (χ1n) is 10.7. The Morgan fingerprint density at radius 2 is 2.23 bits per heavy atom. The number of nitrogens with one attached hydrogen (secondary N) is 1. The molecule has 30 heavy (non-hydrogen) atoms. The predicted molar refractivity (Wildman–Crippen MR) is 124 cm³/mol. The summed E-state index contributed by atoms with van der Waals surface area (Å²) in [5.41, 5.74) is 2.74. The van der Waals surface area contributed by atoms with Crippen molar-refractivity contribution in [3.05, 3.63) is 46.7 Å². The topological polar surface area (TPSA) is 58.4 Å². The van der Waals surface area contributed by atoms with Gasteiger partial charge in [0, 0.05) is 46.9 Å². The molecule has 1 amide bonds. The molecule has 1 N–H and O–H groups in total. The van der Waals surface area contributed by atoms with Crippen molar-refractivity contribution in [2.24, 2.45) is 0 Å². The lowest BCUT2D eigenvalue weighted by Gasteiger charge is -2.33. The van der Waals surface area contributed by atoms with Gasteiger partial charge < -0.3 is 14.6 Å². The zero-order valence-corrected chi connectivity index (χ0v) is 19.3. The summed E-state index contributed by atoms with van der Waals surface area (Å²) >= 11 is 3.29. The SMILES string of the molecule is Cc1csc(SCc2c(C(=O)NCCCN3CCCCC3C)oc3ccccc23)n1. The zero-order valence-electron chi connectivity index (χ0n) is 17.6. The van der Waals surface area contributed by atoms with E-state index in [1.165, 1.54) is 25.8 Å². The van der Waals surface area contributed by atoms with Gasteiger partial charge in [-0.15, -0.1) is 11.3 Å². The molecule has 2 aromatic heterocycles. The van der Waals surface area contributed by atoms with Crippen LogP contribution in [0.25, 0.3) is 11.0 Å². The summed E-state index contributed by atoms with van der Waals surface area (Å²) in [6.45, 7) is 7.18. The Morgan fingerprint density at radius 3 is 3.03 bits per heavy atom. The van der Waals surface area contributed by atoms with E-state index in [-0.39, 0.29) is 5.91 Å². The number of benzene rings is 1. The zero-order chi connectivity index (χ0) is 20.9. The molecule has 4 rings (SSSR count). The number of amides is 1. The molecular weight excluding hydrogens is 414 g/mol. The maximum atomic E-state index is 12.9. The molecule has 0 bridgehead atoms. The lowest BCUT2D eigenvalue weighted by molar-refractivity contribution is 0.0922. The maximum Gasteiger partial charge on any atom is 0.287 e. The van der Waals surface area contributed by atoms with Gasteiger partial charge >= 0.3 is 0 Å². The average Bonchev–Trinajstić information content (AvgIpc) is 3.34. The van der Waals surface area contributed by atoms with Crippen molar-refractivity contribution in [2.75, 3.05) is 19.6 Å². The highest BCUT2D eigenvalue weighted by atomic mass is 32.2. The van der Waals surface area contributed by atoms with E-state index in [4.69, 9.17) is 4.42 Å². The monoisotopic (exact) mass is 443 g/mol. The lowest BCUT2D eigenvalue weighted by atomic mass is 10.0. The van der Waals surface area contributed by atoms with Crippen LogP contribution < -0.4 is 5.32 Å². The molecule has 1 saturated heterocycles. The Morgan fingerprint density at radius 1 is 1.37 bits per heavy atom. The van der Waals surface area contributed by atoms with Gasteiger partial charge in [-0.05, 0) is 45.7 Å². The molecule has 0 aliphatic carbocycles. The second-order valence-electron chi connectivity index (χ2n) is 7.94. The minimum Gasteiger partial charge on any atom is -0.451 e. The molecule has 160 valence electrons. The normalized spacial score (nSPS) is 17.5. The summed E-state index contributed by atoms with van der Waals surface area (Å²) in [5, 5.41) is 6.13. The number of thiazole rings is 1. The largest absolute Gasteiger partial charge is 0.451 e. The first kappa shape index (κ1) is 21.4. The summed E-state index contributed by atoms with van der Waals surface area (Å²) in [4.78, 5) is 20.0. The smallest absolute Gasteiger partial charge is 0.287 e. The maximum absolute atomic E-state index is 12.9. The molecule has 3 heterocycles. The molecule has 7 heteroatoms. The van der Waals surface area contributed by atoms with E-state index >= 15 is 0 Å². The molecule has 1 fully saturated rings. The molecule has 0 spiro atoms. The van der Waals surface area contributed by atoms with Crippen LogP contribution in [0.15, 0.2) is 38.4 Å². The molecule has 0 saturated carbocycles. The van der Waals surface area contributed by atoms with Gasteiger partial charge in [-0.1, -0.05) is 36.4 Å². The molecule has 0 radical (unpaired) electrons. The molecule has 1 aliphatic heterocycles. The van der Waals surface area contributed by atoms with E-state index in [9.17, 15) is 4.79 Å². The van der Waals surface area contributed by atoms with E-state index in [0.29, 0.717) is 24.1 Å². The van der Waals surface area contributed by atoms with Crippen molar-refractivity contribution in [2.45, 2.75) is 55.7 Å². The van der Waals surface area contributed by atoms with Crippen molar-refractivity contribution in [3.63, 3.8) is 0 Å². The fourth-order valence-electron chi connectivity index (χ4n) is 4.01. The third-order valence-corrected chi connectivity index (χ3v) is 7.86. The van der Waals surface area contributed by atoms with Crippen LogP contribution in [0.4, 0.5) is 0 Å². The molecule has 3 aromatic rings. The Hall–Kier alpha value is -1.83. The number of hydrogen-bond donors (Lipinski definition) is 1.